The molecule has 7 nitrogen and oxygen atoms in total. The van der Waals surface area contributed by atoms with Gasteiger partial charge in [-0.1, -0.05) is 32.0 Å². The number of carbonyl (C=O) groups is 3. The highest BCUT2D eigenvalue weighted by atomic mass is 16.6. The molecule has 4 N–H and O–H groups in total. The normalized spacial score (nSPS) is 12.7. The van der Waals surface area contributed by atoms with Gasteiger partial charge < -0.3 is 15.5 Å². The van der Waals surface area contributed by atoms with Gasteiger partial charge in [-0.05, 0) is 32.9 Å². The number of Topliss-reactive ketones (excluding diaryl/α,β-unsaturated/α-hetero) is 1. The summed E-state index contributed by atoms with van der Waals surface area (Å²) in [5.74, 6) is -1.01. The minimum atomic E-state index is -1.05. The number of aromatic amines is 1. The number of aromatic nitrogens is 1. The Balaban J connectivity index is 2.39. The molecule has 2 rings (SSSR count). The van der Waals surface area contributed by atoms with Crippen LogP contribution in [0.25, 0.3) is 17.0 Å². The Kier molecular flexibility index (Phi) is 5.97. The first-order chi connectivity index (χ1) is 12.9. The number of allylic oxidation sites excluding steroid dienone is 1. The molecule has 150 valence electrons. The third-order valence-electron chi connectivity index (χ3n) is 4.13. The van der Waals surface area contributed by atoms with Crippen molar-refractivity contribution in [1.82, 2.24) is 10.3 Å². The molecule has 0 radical (unpaired) electrons. The molecule has 1 aromatic heterocycles. The Morgan fingerprint density at radius 1 is 1.14 bits per heavy atom. The van der Waals surface area contributed by atoms with Crippen LogP contribution >= 0.6 is 0 Å². The minimum absolute atomic E-state index is 0.0355. The number of benzene rings is 1. The fourth-order valence-electron chi connectivity index (χ4n) is 2.55. The molecule has 0 aliphatic rings. The molecule has 0 atom stereocenters. The molecule has 0 saturated heterocycles. The van der Waals surface area contributed by atoms with Crippen LogP contribution in [-0.2, 0) is 14.3 Å². The molecule has 28 heavy (non-hydrogen) atoms. The van der Waals surface area contributed by atoms with Crippen molar-refractivity contribution in [2.75, 3.05) is 0 Å². The number of rotatable bonds is 6. The Labute approximate surface area is 164 Å². The van der Waals surface area contributed by atoms with Gasteiger partial charge in [0.1, 0.15) is 5.60 Å². The number of nitrogens with two attached hydrogens (primary N) is 1. The number of primary amides is 1. The maximum Gasteiger partial charge on any atom is 0.412 e. The summed E-state index contributed by atoms with van der Waals surface area (Å²) in [6.07, 6.45) is 2.42. The summed E-state index contributed by atoms with van der Waals surface area (Å²) in [6, 6.07) is 7.59. The quantitative estimate of drug-likeness (QED) is 0.660. The number of ether oxygens (including phenoxy) is 1. The van der Waals surface area contributed by atoms with E-state index in [4.69, 9.17) is 10.5 Å². The van der Waals surface area contributed by atoms with Crippen LogP contribution in [0.1, 0.15) is 46.6 Å². The number of nitrogens with one attached hydrogen (secondary N) is 2. The fourth-order valence-corrected chi connectivity index (χ4v) is 2.55. The number of hydrogen-bond donors (Lipinski definition) is 3. The van der Waals surface area contributed by atoms with Crippen LogP contribution in [0.2, 0.25) is 0 Å². The SMILES string of the molecule is CC(C)(C)OC(=O)N/C(=C\c1c[nH]c2ccccc12)C(=O)CC(C)(C)C(N)=O. The van der Waals surface area contributed by atoms with E-state index in [2.05, 4.69) is 10.3 Å². The smallest absolute Gasteiger partial charge is 0.412 e. The lowest BCUT2D eigenvalue weighted by molar-refractivity contribution is -0.130. The summed E-state index contributed by atoms with van der Waals surface area (Å²) in [7, 11) is 0. The predicted octanol–water partition coefficient (Wildman–Crippen LogP) is 3.50. The first-order valence-electron chi connectivity index (χ1n) is 9.00. The first-order valence-corrected chi connectivity index (χ1v) is 9.00. The number of ketones is 1. The van der Waals surface area contributed by atoms with E-state index in [0.717, 1.165) is 16.5 Å². The second-order valence-corrected chi connectivity index (χ2v) is 8.32. The number of fused-ring (bicyclic) bond motifs is 1. The van der Waals surface area contributed by atoms with Crippen LogP contribution in [0, 0.1) is 5.41 Å². The second-order valence-electron chi connectivity index (χ2n) is 8.32. The molecular weight excluding hydrogens is 358 g/mol. The van der Waals surface area contributed by atoms with Gasteiger partial charge in [0, 0.05) is 29.1 Å². The van der Waals surface area contributed by atoms with Crippen molar-refractivity contribution < 1.29 is 19.1 Å². The maximum atomic E-state index is 12.9. The second kappa shape index (κ2) is 7.88. The van der Waals surface area contributed by atoms with Gasteiger partial charge in [-0.25, -0.2) is 4.79 Å². The Morgan fingerprint density at radius 2 is 1.79 bits per heavy atom. The lowest BCUT2D eigenvalue weighted by Crippen LogP contribution is -2.38. The number of hydrogen-bond acceptors (Lipinski definition) is 4. The molecule has 0 aliphatic heterocycles. The van der Waals surface area contributed by atoms with Gasteiger partial charge in [-0.3, -0.25) is 14.9 Å². The van der Waals surface area contributed by atoms with Crippen molar-refractivity contribution in [1.29, 1.82) is 0 Å². The lowest BCUT2D eigenvalue weighted by Gasteiger charge is -2.22. The zero-order valence-electron chi connectivity index (χ0n) is 16.9. The van der Waals surface area contributed by atoms with Crippen LogP contribution in [0.3, 0.4) is 0 Å². The molecule has 1 heterocycles. The van der Waals surface area contributed by atoms with Crippen molar-refractivity contribution in [3.63, 3.8) is 0 Å². The van der Waals surface area contributed by atoms with Gasteiger partial charge in [0.25, 0.3) is 0 Å². The molecule has 0 unspecified atom stereocenters. The average Bonchev–Trinajstić information content (AvgIpc) is 2.95. The predicted molar refractivity (Wildman–Crippen MR) is 108 cm³/mol. The topological polar surface area (TPSA) is 114 Å². The molecule has 2 amide bonds. The summed E-state index contributed by atoms with van der Waals surface area (Å²) < 4.78 is 5.26. The van der Waals surface area contributed by atoms with E-state index < -0.39 is 28.8 Å². The van der Waals surface area contributed by atoms with Crippen LogP contribution in [0.15, 0.2) is 36.2 Å². The average molecular weight is 385 g/mol. The maximum absolute atomic E-state index is 12.9. The Hall–Kier alpha value is -3.09. The van der Waals surface area contributed by atoms with Gasteiger partial charge in [0.2, 0.25) is 5.91 Å². The van der Waals surface area contributed by atoms with Crippen LogP contribution in [-0.4, -0.2) is 28.4 Å². The highest BCUT2D eigenvalue weighted by Gasteiger charge is 2.30. The molecular formula is C21H27N3O4. The third kappa shape index (κ3) is 5.45. The van der Waals surface area contributed by atoms with Crippen molar-refractivity contribution in [2.45, 2.75) is 46.6 Å². The van der Waals surface area contributed by atoms with Crippen LogP contribution in [0.4, 0.5) is 4.79 Å². The molecule has 0 aliphatic carbocycles. The molecule has 0 spiro atoms. The molecule has 7 heteroatoms. The number of carbonyl (C=O) groups excluding carboxylic acids is 3. The summed E-state index contributed by atoms with van der Waals surface area (Å²) in [6.45, 7) is 8.36. The summed E-state index contributed by atoms with van der Waals surface area (Å²) in [4.78, 5) is 39.8. The van der Waals surface area contributed by atoms with E-state index in [0.29, 0.717) is 0 Å². The number of H-pyrrole nitrogens is 1. The van der Waals surface area contributed by atoms with Gasteiger partial charge in [0.05, 0.1) is 11.1 Å². The van der Waals surface area contributed by atoms with E-state index in [1.807, 2.05) is 24.3 Å². The van der Waals surface area contributed by atoms with Crippen LogP contribution < -0.4 is 11.1 Å². The lowest BCUT2D eigenvalue weighted by atomic mass is 9.85. The molecule has 0 fully saturated rings. The molecule has 1 aromatic carbocycles. The number of amides is 2. The van der Waals surface area contributed by atoms with Gasteiger partial charge >= 0.3 is 6.09 Å². The third-order valence-corrected chi connectivity index (χ3v) is 4.13. The standard InChI is InChI=1S/C21H27N3O4/c1-20(2,3)28-19(27)24-16(17(25)11-21(4,5)18(22)26)10-13-12-23-15-9-7-6-8-14(13)15/h6-10,12,23H,11H2,1-5H3,(H2,22,26)(H,24,27)/b16-10-. The van der Waals surface area contributed by atoms with Crippen molar-refractivity contribution in [3.05, 3.63) is 41.7 Å². The van der Waals surface area contributed by atoms with E-state index >= 15 is 0 Å². The summed E-state index contributed by atoms with van der Waals surface area (Å²) in [5.41, 5.74) is 5.28. The molecule has 0 bridgehead atoms. The van der Waals surface area contributed by atoms with E-state index in [1.54, 1.807) is 46.9 Å². The summed E-state index contributed by atoms with van der Waals surface area (Å²) >= 11 is 0. The van der Waals surface area contributed by atoms with Crippen molar-refractivity contribution >= 4 is 34.8 Å². The summed E-state index contributed by atoms with van der Waals surface area (Å²) in [5, 5.41) is 3.42. The fraction of sp³-hybridized carbons (Fsp3) is 0.381. The van der Waals surface area contributed by atoms with Crippen molar-refractivity contribution in [3.8, 4) is 0 Å². The Bertz CT molecular complexity index is 933. The van der Waals surface area contributed by atoms with Crippen LogP contribution in [0.5, 0.6) is 0 Å². The van der Waals surface area contributed by atoms with Crippen molar-refractivity contribution in [2.24, 2.45) is 11.1 Å². The van der Waals surface area contributed by atoms with E-state index in [1.165, 1.54) is 0 Å². The highest BCUT2D eigenvalue weighted by molar-refractivity contribution is 6.05. The number of alkyl carbamates (subject to hydrolysis) is 1. The van der Waals surface area contributed by atoms with Gasteiger partial charge in [0.15, 0.2) is 5.78 Å². The monoisotopic (exact) mass is 385 g/mol. The van der Waals surface area contributed by atoms with E-state index in [9.17, 15) is 14.4 Å². The molecule has 2 aromatic rings. The zero-order chi connectivity index (χ0) is 21.1. The highest BCUT2D eigenvalue weighted by Crippen LogP contribution is 2.24. The zero-order valence-corrected chi connectivity index (χ0v) is 16.9. The minimum Gasteiger partial charge on any atom is -0.444 e. The first kappa shape index (κ1) is 21.2. The largest absolute Gasteiger partial charge is 0.444 e. The van der Waals surface area contributed by atoms with Gasteiger partial charge in [-0.2, -0.15) is 0 Å². The van der Waals surface area contributed by atoms with Gasteiger partial charge in [-0.15, -0.1) is 0 Å². The number of para-hydroxylation sites is 1. The Morgan fingerprint density at radius 3 is 2.39 bits per heavy atom. The van der Waals surface area contributed by atoms with E-state index in [-0.39, 0.29) is 12.1 Å². The molecule has 0 saturated carbocycles.